The van der Waals surface area contributed by atoms with Crippen LogP contribution in [0, 0.1) is 0 Å². The van der Waals surface area contributed by atoms with Crippen molar-refractivity contribution >= 4 is 8.09 Å². The SMILES string of the molecule is CN1CC(c2ccccc2)O[P+]12Oc1ccccc1O2. The summed E-state index contributed by atoms with van der Waals surface area (Å²) >= 11 is 0. The minimum atomic E-state index is -2.46. The van der Waals surface area contributed by atoms with Crippen molar-refractivity contribution in [2.45, 2.75) is 6.10 Å². The van der Waals surface area contributed by atoms with Crippen LogP contribution >= 0.6 is 8.09 Å². The average Bonchev–Trinajstić information content (AvgIpc) is 3.01. The highest BCUT2D eigenvalue weighted by Gasteiger charge is 2.66. The lowest BCUT2D eigenvalue weighted by Crippen LogP contribution is -2.18. The first kappa shape index (κ1) is 12.2. The third kappa shape index (κ3) is 1.80. The van der Waals surface area contributed by atoms with Gasteiger partial charge in [-0.3, -0.25) is 9.05 Å². The maximum absolute atomic E-state index is 6.18. The van der Waals surface area contributed by atoms with E-state index in [1.807, 2.05) is 49.5 Å². The Hall–Kier alpha value is -1.61. The van der Waals surface area contributed by atoms with E-state index in [9.17, 15) is 0 Å². The zero-order valence-corrected chi connectivity index (χ0v) is 12.0. The summed E-state index contributed by atoms with van der Waals surface area (Å²) in [5, 5.41) is 0. The van der Waals surface area contributed by atoms with Gasteiger partial charge in [0.2, 0.25) is 11.5 Å². The van der Waals surface area contributed by atoms with Crippen LogP contribution in [0.4, 0.5) is 0 Å². The molecule has 1 saturated heterocycles. The lowest BCUT2D eigenvalue weighted by atomic mass is 10.1. The summed E-state index contributed by atoms with van der Waals surface area (Å²) in [5.41, 5.74) is 1.15. The van der Waals surface area contributed by atoms with Crippen LogP contribution in [0.15, 0.2) is 54.6 Å². The molecule has 0 radical (unpaired) electrons. The van der Waals surface area contributed by atoms with Crippen molar-refractivity contribution in [2.75, 3.05) is 13.6 Å². The molecule has 1 atom stereocenters. The van der Waals surface area contributed by atoms with E-state index in [0.29, 0.717) is 0 Å². The first-order chi connectivity index (χ1) is 9.77. The second kappa shape index (κ2) is 4.45. The van der Waals surface area contributed by atoms with Gasteiger partial charge in [-0.1, -0.05) is 47.1 Å². The number of hydrogen-bond donors (Lipinski definition) is 0. The zero-order valence-electron chi connectivity index (χ0n) is 11.1. The largest absolute Gasteiger partial charge is 0.595 e. The monoisotopic (exact) mass is 288 g/mol. The highest BCUT2D eigenvalue weighted by molar-refractivity contribution is 7.60. The number of para-hydroxylation sites is 2. The molecule has 102 valence electrons. The van der Waals surface area contributed by atoms with Gasteiger partial charge in [-0.25, -0.2) is 0 Å². The summed E-state index contributed by atoms with van der Waals surface area (Å²) in [4.78, 5) is 0. The quantitative estimate of drug-likeness (QED) is 0.746. The third-order valence-corrected chi connectivity index (χ3v) is 5.93. The van der Waals surface area contributed by atoms with Gasteiger partial charge in [-0.2, -0.15) is 0 Å². The molecule has 5 heteroatoms. The fourth-order valence-corrected chi connectivity index (χ4v) is 4.72. The molecule has 20 heavy (non-hydrogen) atoms. The summed E-state index contributed by atoms with van der Waals surface area (Å²) in [6, 6.07) is 17.9. The summed E-state index contributed by atoms with van der Waals surface area (Å²) in [6.45, 7) is 0.770. The smallest absolute Gasteiger partial charge is 0.259 e. The summed E-state index contributed by atoms with van der Waals surface area (Å²) < 4.78 is 20.3. The number of hydrogen-bond acceptors (Lipinski definition) is 4. The van der Waals surface area contributed by atoms with Gasteiger partial charge in [0.25, 0.3) is 0 Å². The van der Waals surface area contributed by atoms with Gasteiger partial charge in [-0.15, -0.1) is 4.52 Å². The molecule has 1 fully saturated rings. The van der Waals surface area contributed by atoms with E-state index in [4.69, 9.17) is 13.6 Å². The van der Waals surface area contributed by atoms with Crippen molar-refractivity contribution in [2.24, 2.45) is 0 Å². The summed E-state index contributed by atoms with van der Waals surface area (Å²) in [5.74, 6) is 1.53. The van der Waals surface area contributed by atoms with Gasteiger partial charge < -0.3 is 0 Å². The first-order valence-electron chi connectivity index (χ1n) is 6.59. The van der Waals surface area contributed by atoms with Crippen LogP contribution < -0.4 is 9.05 Å². The molecule has 0 amide bonds. The number of likely N-dealkylation sites (N-methyl/N-ethyl adjacent to an activating group) is 1. The van der Waals surface area contributed by atoms with Crippen LogP contribution in [0.3, 0.4) is 0 Å². The predicted molar refractivity (Wildman–Crippen MR) is 77.5 cm³/mol. The zero-order chi connectivity index (χ0) is 13.6. The molecular formula is C15H15NO3P+. The fourth-order valence-electron chi connectivity index (χ4n) is 2.50. The fraction of sp³-hybridized carbons (Fsp3) is 0.200. The maximum atomic E-state index is 6.18. The molecule has 1 spiro atoms. The Bertz CT molecular complexity index is 609. The molecule has 2 aromatic rings. The van der Waals surface area contributed by atoms with E-state index in [1.54, 1.807) is 0 Å². The van der Waals surface area contributed by atoms with Gasteiger partial charge in [0.15, 0.2) is 6.10 Å². The van der Waals surface area contributed by atoms with E-state index < -0.39 is 8.09 Å². The van der Waals surface area contributed by atoms with Gasteiger partial charge in [0, 0.05) is 7.05 Å². The predicted octanol–water partition coefficient (Wildman–Crippen LogP) is 3.84. The molecule has 0 aliphatic carbocycles. The van der Waals surface area contributed by atoms with E-state index in [-0.39, 0.29) is 6.10 Å². The van der Waals surface area contributed by atoms with E-state index in [2.05, 4.69) is 16.8 Å². The van der Waals surface area contributed by atoms with Crippen LogP contribution in [0.1, 0.15) is 11.7 Å². The highest BCUT2D eigenvalue weighted by Crippen LogP contribution is 2.74. The lowest BCUT2D eigenvalue weighted by molar-refractivity contribution is 0.216. The van der Waals surface area contributed by atoms with E-state index in [1.165, 1.54) is 0 Å². The third-order valence-electron chi connectivity index (χ3n) is 3.56. The molecule has 0 saturated carbocycles. The van der Waals surface area contributed by atoms with Crippen molar-refractivity contribution in [1.82, 2.24) is 4.67 Å². The lowest BCUT2D eigenvalue weighted by Gasteiger charge is -2.13. The van der Waals surface area contributed by atoms with Crippen molar-refractivity contribution < 1.29 is 13.6 Å². The molecule has 0 bridgehead atoms. The van der Waals surface area contributed by atoms with E-state index in [0.717, 1.165) is 23.6 Å². The second-order valence-electron chi connectivity index (χ2n) is 4.94. The molecule has 4 rings (SSSR count). The summed E-state index contributed by atoms with van der Waals surface area (Å²) in [6.07, 6.45) is -0.0103. The number of benzene rings is 2. The van der Waals surface area contributed by atoms with Crippen molar-refractivity contribution in [3.8, 4) is 11.5 Å². The average molecular weight is 288 g/mol. The number of nitrogens with zero attached hydrogens (tertiary/aromatic N) is 1. The molecule has 2 aliphatic heterocycles. The number of fused-ring (bicyclic) bond motifs is 1. The van der Waals surface area contributed by atoms with Crippen molar-refractivity contribution in [1.29, 1.82) is 0 Å². The van der Waals surface area contributed by atoms with Gasteiger partial charge >= 0.3 is 8.09 Å². The van der Waals surface area contributed by atoms with Crippen molar-refractivity contribution in [3.63, 3.8) is 0 Å². The van der Waals surface area contributed by atoms with Crippen LogP contribution in [-0.2, 0) is 4.52 Å². The molecule has 0 N–H and O–H groups in total. The van der Waals surface area contributed by atoms with E-state index >= 15 is 0 Å². The van der Waals surface area contributed by atoms with Crippen LogP contribution in [0.25, 0.3) is 0 Å². The maximum Gasteiger partial charge on any atom is 0.595 e. The molecular weight excluding hydrogens is 273 g/mol. The first-order valence-corrected chi connectivity index (χ1v) is 8.09. The Morgan fingerprint density at radius 1 is 0.950 bits per heavy atom. The summed E-state index contributed by atoms with van der Waals surface area (Å²) in [7, 11) is -0.470. The minimum absolute atomic E-state index is 0.0103. The second-order valence-corrected chi connectivity index (χ2v) is 7.14. The molecule has 2 aliphatic rings. The normalized spacial score (nSPS) is 23.4. The molecule has 2 heterocycles. The highest BCUT2D eigenvalue weighted by atomic mass is 31.2. The molecule has 1 unspecified atom stereocenters. The molecule has 4 nitrogen and oxygen atoms in total. The van der Waals surface area contributed by atoms with Crippen LogP contribution in [0.5, 0.6) is 11.5 Å². The van der Waals surface area contributed by atoms with Gasteiger partial charge in [0.1, 0.15) is 0 Å². The Balaban J connectivity index is 1.63. The van der Waals surface area contributed by atoms with Crippen LogP contribution in [0.2, 0.25) is 0 Å². The topological polar surface area (TPSA) is 30.9 Å². The molecule has 0 aromatic heterocycles. The molecule has 2 aromatic carbocycles. The Labute approximate surface area is 118 Å². The van der Waals surface area contributed by atoms with Crippen LogP contribution in [-0.4, -0.2) is 18.3 Å². The number of rotatable bonds is 1. The Morgan fingerprint density at radius 3 is 2.20 bits per heavy atom. The minimum Gasteiger partial charge on any atom is -0.259 e. The van der Waals surface area contributed by atoms with Crippen molar-refractivity contribution in [3.05, 3.63) is 60.2 Å². The Morgan fingerprint density at radius 2 is 1.55 bits per heavy atom. The van der Waals surface area contributed by atoms with Gasteiger partial charge in [-0.05, 0) is 17.7 Å². The standard InChI is InChI=1S/C15H15NO3P/c1-16-11-15(12-7-3-2-4-8-12)19-20(16)17-13-9-5-6-10-14(13)18-20/h2-10,15H,11H2,1H3/q+1. The Kier molecular flexibility index (Phi) is 2.71. The van der Waals surface area contributed by atoms with Gasteiger partial charge in [0.05, 0.1) is 6.54 Å².